The molecule has 2 aliphatic rings. The van der Waals surface area contributed by atoms with Gasteiger partial charge in [0.1, 0.15) is 13.5 Å². The highest BCUT2D eigenvalue weighted by molar-refractivity contribution is 7.07. The predicted molar refractivity (Wildman–Crippen MR) is 52.9 cm³/mol. The maximum atomic E-state index is 11.9. The third kappa shape index (κ3) is 1.17. The molecule has 0 aliphatic heterocycles. The van der Waals surface area contributed by atoms with Gasteiger partial charge in [-0.05, 0) is 17.5 Å². The predicted octanol–water partition coefficient (Wildman–Crippen LogP) is 2.91. The zero-order valence-electron chi connectivity index (χ0n) is 8.10. The summed E-state index contributed by atoms with van der Waals surface area (Å²) >= 11 is 0. The Kier molecular flexibility index (Phi) is 1.90. The van der Waals surface area contributed by atoms with E-state index < -0.39 is 8.07 Å². The zero-order chi connectivity index (χ0) is 8.77. The standard InChI is InChI=1S/C10H18OSi/c1-3-10(11)12(2,8-4-5-8)9-6-7-9/h8-9H,3-7H2,1-2H3. The molecule has 0 N–H and O–H groups in total. The Hall–Kier alpha value is -0.113. The van der Waals surface area contributed by atoms with Gasteiger partial charge >= 0.3 is 0 Å². The Labute approximate surface area is 75.6 Å². The van der Waals surface area contributed by atoms with Crippen molar-refractivity contribution in [3.8, 4) is 0 Å². The van der Waals surface area contributed by atoms with Gasteiger partial charge in [-0.3, -0.25) is 0 Å². The molecule has 0 aromatic rings. The monoisotopic (exact) mass is 182 g/mol. The first-order chi connectivity index (χ1) is 5.69. The maximum Gasteiger partial charge on any atom is 0.136 e. The molecule has 0 aromatic heterocycles. The molecule has 68 valence electrons. The van der Waals surface area contributed by atoms with Crippen molar-refractivity contribution in [3.05, 3.63) is 0 Å². The number of carbonyl (C=O) groups excluding carboxylic acids is 1. The molecular formula is C10H18OSi. The molecule has 1 nitrogen and oxygen atoms in total. The summed E-state index contributed by atoms with van der Waals surface area (Å²) in [6.45, 7) is 4.40. The third-order valence-corrected chi connectivity index (χ3v) is 9.87. The van der Waals surface area contributed by atoms with E-state index in [0.29, 0.717) is 5.41 Å². The molecular weight excluding hydrogens is 164 g/mol. The van der Waals surface area contributed by atoms with Crippen LogP contribution in [0.25, 0.3) is 0 Å². The Balaban J connectivity index is 2.13. The summed E-state index contributed by atoms with van der Waals surface area (Å²) in [5.41, 5.74) is 1.77. The summed E-state index contributed by atoms with van der Waals surface area (Å²) in [5.74, 6) is 0. The zero-order valence-corrected chi connectivity index (χ0v) is 9.10. The molecule has 0 radical (unpaired) electrons. The van der Waals surface area contributed by atoms with E-state index in [2.05, 4.69) is 6.55 Å². The molecule has 0 amide bonds. The summed E-state index contributed by atoms with van der Waals surface area (Å²) in [7, 11) is -1.42. The minimum absolute atomic E-state index is 0.660. The average molecular weight is 182 g/mol. The van der Waals surface area contributed by atoms with Crippen LogP contribution in [-0.2, 0) is 4.79 Å². The van der Waals surface area contributed by atoms with Crippen LogP contribution in [0.3, 0.4) is 0 Å². The molecule has 2 rings (SSSR count). The number of rotatable bonds is 4. The smallest absolute Gasteiger partial charge is 0.136 e. The molecule has 2 saturated carbocycles. The van der Waals surface area contributed by atoms with Crippen molar-refractivity contribution in [2.75, 3.05) is 0 Å². The highest BCUT2D eigenvalue weighted by Gasteiger charge is 2.56. The van der Waals surface area contributed by atoms with Gasteiger partial charge in [-0.15, -0.1) is 0 Å². The highest BCUT2D eigenvalue weighted by atomic mass is 28.3. The van der Waals surface area contributed by atoms with Gasteiger partial charge < -0.3 is 4.79 Å². The normalized spacial score (nSPS) is 24.2. The van der Waals surface area contributed by atoms with E-state index in [1.165, 1.54) is 25.7 Å². The van der Waals surface area contributed by atoms with E-state index in [4.69, 9.17) is 0 Å². The molecule has 0 heterocycles. The van der Waals surface area contributed by atoms with Crippen LogP contribution in [0.15, 0.2) is 0 Å². The first kappa shape index (κ1) is 8.48. The van der Waals surface area contributed by atoms with Crippen molar-refractivity contribution in [3.63, 3.8) is 0 Å². The van der Waals surface area contributed by atoms with Gasteiger partial charge in [0.05, 0.1) is 0 Å². The topological polar surface area (TPSA) is 17.1 Å². The van der Waals surface area contributed by atoms with Gasteiger partial charge in [0.2, 0.25) is 0 Å². The lowest BCUT2D eigenvalue weighted by atomic mass is 10.6. The van der Waals surface area contributed by atoms with E-state index in [-0.39, 0.29) is 0 Å². The Bertz CT molecular complexity index is 192. The van der Waals surface area contributed by atoms with E-state index in [9.17, 15) is 4.79 Å². The fourth-order valence-corrected chi connectivity index (χ4v) is 7.61. The summed E-state index contributed by atoms with van der Waals surface area (Å²) in [6, 6.07) is 0. The number of hydrogen-bond donors (Lipinski definition) is 0. The van der Waals surface area contributed by atoms with Crippen molar-refractivity contribution in [2.45, 2.75) is 56.7 Å². The summed E-state index contributed by atoms with van der Waals surface area (Å²) in [5, 5.41) is 0.660. The lowest BCUT2D eigenvalue weighted by Gasteiger charge is -2.24. The van der Waals surface area contributed by atoms with Crippen LogP contribution < -0.4 is 0 Å². The Morgan fingerprint density at radius 3 is 1.92 bits per heavy atom. The van der Waals surface area contributed by atoms with Crippen molar-refractivity contribution < 1.29 is 4.79 Å². The largest absolute Gasteiger partial charge is 0.305 e. The second-order valence-corrected chi connectivity index (χ2v) is 9.36. The van der Waals surface area contributed by atoms with Gasteiger partial charge in [0, 0.05) is 0 Å². The molecule has 0 bridgehead atoms. The minimum Gasteiger partial charge on any atom is -0.305 e. The van der Waals surface area contributed by atoms with E-state index in [1.54, 1.807) is 0 Å². The fraction of sp³-hybridized carbons (Fsp3) is 0.900. The van der Waals surface area contributed by atoms with Crippen LogP contribution in [0, 0.1) is 0 Å². The van der Waals surface area contributed by atoms with E-state index in [0.717, 1.165) is 17.5 Å². The SMILES string of the molecule is CCC(=O)[Si](C)(C1CC1)C1CC1. The van der Waals surface area contributed by atoms with Crippen molar-refractivity contribution in [1.82, 2.24) is 0 Å². The van der Waals surface area contributed by atoms with Gasteiger partial charge in [-0.25, -0.2) is 0 Å². The van der Waals surface area contributed by atoms with Gasteiger partial charge in [-0.2, -0.15) is 0 Å². The highest BCUT2D eigenvalue weighted by Crippen LogP contribution is 2.58. The molecule has 2 heteroatoms. The number of carbonyl (C=O) groups is 1. The van der Waals surface area contributed by atoms with Gasteiger partial charge in [0.15, 0.2) is 0 Å². The van der Waals surface area contributed by atoms with Crippen LogP contribution in [-0.4, -0.2) is 13.5 Å². The number of hydrogen-bond acceptors (Lipinski definition) is 1. The van der Waals surface area contributed by atoms with Gasteiger partial charge in [0.25, 0.3) is 0 Å². The van der Waals surface area contributed by atoms with E-state index in [1.807, 2.05) is 6.92 Å². The first-order valence-electron chi connectivity index (χ1n) is 5.23. The molecule has 2 fully saturated rings. The lowest BCUT2D eigenvalue weighted by molar-refractivity contribution is -0.112. The summed E-state index contributed by atoms with van der Waals surface area (Å²) < 4.78 is 0. The third-order valence-electron chi connectivity index (χ3n) is 3.77. The summed E-state index contributed by atoms with van der Waals surface area (Å²) in [6.07, 6.45) is 6.27. The van der Waals surface area contributed by atoms with Crippen LogP contribution in [0.1, 0.15) is 39.0 Å². The Morgan fingerprint density at radius 2 is 1.67 bits per heavy atom. The first-order valence-corrected chi connectivity index (χ1v) is 7.88. The average Bonchev–Trinajstić information content (AvgIpc) is 2.91. The minimum atomic E-state index is -1.42. The molecule has 0 spiro atoms. The molecule has 0 atom stereocenters. The van der Waals surface area contributed by atoms with Crippen molar-refractivity contribution in [2.24, 2.45) is 0 Å². The van der Waals surface area contributed by atoms with E-state index >= 15 is 0 Å². The van der Waals surface area contributed by atoms with Crippen molar-refractivity contribution in [1.29, 1.82) is 0 Å². The van der Waals surface area contributed by atoms with Crippen LogP contribution in [0.5, 0.6) is 0 Å². The molecule has 0 saturated heterocycles. The molecule has 0 aromatic carbocycles. The van der Waals surface area contributed by atoms with Crippen molar-refractivity contribution >= 4 is 13.5 Å². The summed E-state index contributed by atoms with van der Waals surface area (Å²) in [4.78, 5) is 11.9. The van der Waals surface area contributed by atoms with Crippen LogP contribution in [0.4, 0.5) is 0 Å². The fourth-order valence-electron chi connectivity index (χ4n) is 2.54. The second kappa shape index (κ2) is 2.69. The second-order valence-electron chi connectivity index (χ2n) is 4.61. The lowest BCUT2D eigenvalue weighted by Crippen LogP contribution is -2.41. The van der Waals surface area contributed by atoms with Crippen LogP contribution in [0.2, 0.25) is 17.6 Å². The molecule has 12 heavy (non-hydrogen) atoms. The Morgan fingerprint density at radius 1 is 1.25 bits per heavy atom. The van der Waals surface area contributed by atoms with Crippen LogP contribution >= 0.6 is 0 Å². The maximum absolute atomic E-state index is 11.9. The quantitative estimate of drug-likeness (QED) is 0.611. The van der Waals surface area contributed by atoms with Gasteiger partial charge in [-0.1, -0.05) is 39.2 Å². The molecule has 2 aliphatic carbocycles. The molecule has 0 unspecified atom stereocenters.